The molecule has 7 rings (SSSR count). The molecule has 50 heavy (non-hydrogen) atoms. The summed E-state index contributed by atoms with van der Waals surface area (Å²) in [5.74, 6) is -0.0954. The van der Waals surface area contributed by atoms with Crippen LogP contribution in [0.15, 0.2) is 108 Å². The molecule has 260 valence electrons. The number of para-hydroxylation sites is 2. The van der Waals surface area contributed by atoms with Crippen LogP contribution >= 0.6 is 0 Å². The Bertz CT molecular complexity index is 1920. The van der Waals surface area contributed by atoms with Crippen LogP contribution in [0.3, 0.4) is 0 Å². The first-order chi connectivity index (χ1) is 24.5. The average Bonchev–Trinajstić information content (AvgIpc) is 3.50. The van der Waals surface area contributed by atoms with Gasteiger partial charge >= 0.3 is 11.7 Å². The largest absolute Gasteiger partial charge is 0.392 e. The number of carbonyl (C=O) groups excluding carboxylic acids is 1. The Hall–Kier alpha value is -4.74. The number of aromatic amines is 1. The van der Waals surface area contributed by atoms with Crippen molar-refractivity contribution < 1.29 is 19.4 Å². The summed E-state index contributed by atoms with van der Waals surface area (Å²) < 4.78 is 15.8. The molecular formula is C40H45N5O5. The standard InChI is InChI=1S/C40H45N5O5/c1-2-41-39(47)42-24-27-12-18-31(19-13-27)38-49-35(25-44-22-20-32(21-23-44)45-34-11-7-6-10-33(34)43-40(45)48)36(29-8-4-3-5-9-29)37(50-38)30-16-14-28(26-46)15-17-30/h3-19,32,35-38,46H,2,20-26H2,1H3,(H,43,48)(H2,41,42,47)/t35-,36-,37+,38?/m1/s1. The van der Waals surface area contributed by atoms with Gasteiger partial charge in [-0.3, -0.25) is 4.57 Å². The smallest absolute Gasteiger partial charge is 0.326 e. The second-order valence-corrected chi connectivity index (χ2v) is 13.2. The summed E-state index contributed by atoms with van der Waals surface area (Å²) in [5.41, 5.74) is 6.66. The van der Waals surface area contributed by atoms with E-state index in [0.717, 1.165) is 64.8 Å². The monoisotopic (exact) mass is 675 g/mol. The van der Waals surface area contributed by atoms with Crippen molar-refractivity contribution in [1.82, 2.24) is 25.1 Å². The Morgan fingerprint density at radius 3 is 2.22 bits per heavy atom. The molecule has 0 aliphatic carbocycles. The van der Waals surface area contributed by atoms with Gasteiger partial charge in [0.1, 0.15) is 0 Å². The van der Waals surface area contributed by atoms with E-state index in [-0.39, 0.29) is 42.5 Å². The number of aliphatic hydroxyl groups excluding tert-OH is 1. The Labute approximate surface area is 292 Å². The topological polar surface area (TPSA) is 121 Å². The van der Waals surface area contributed by atoms with Crippen LogP contribution in [0.5, 0.6) is 0 Å². The third-order valence-corrected chi connectivity index (χ3v) is 10.00. The average molecular weight is 676 g/mol. The van der Waals surface area contributed by atoms with Crippen molar-refractivity contribution in [3.8, 4) is 0 Å². The highest BCUT2D eigenvalue weighted by Crippen LogP contribution is 2.47. The van der Waals surface area contributed by atoms with Gasteiger partial charge in [0.2, 0.25) is 0 Å². The van der Waals surface area contributed by atoms with Crippen molar-refractivity contribution in [2.75, 3.05) is 26.2 Å². The van der Waals surface area contributed by atoms with Gasteiger partial charge in [0.15, 0.2) is 6.29 Å². The quantitative estimate of drug-likeness (QED) is 0.146. The number of H-pyrrole nitrogens is 1. The van der Waals surface area contributed by atoms with Crippen molar-refractivity contribution in [1.29, 1.82) is 0 Å². The number of hydrogen-bond donors (Lipinski definition) is 4. The van der Waals surface area contributed by atoms with E-state index in [0.29, 0.717) is 19.6 Å². The van der Waals surface area contributed by atoms with Crippen molar-refractivity contribution in [2.24, 2.45) is 0 Å². The van der Waals surface area contributed by atoms with E-state index in [1.807, 2.05) is 90.4 Å². The maximum Gasteiger partial charge on any atom is 0.326 e. The summed E-state index contributed by atoms with van der Waals surface area (Å²) in [7, 11) is 0. The second kappa shape index (κ2) is 15.4. The molecule has 0 radical (unpaired) electrons. The fourth-order valence-corrected chi connectivity index (χ4v) is 7.41. The molecule has 10 nitrogen and oxygen atoms in total. The third-order valence-electron chi connectivity index (χ3n) is 10.00. The minimum Gasteiger partial charge on any atom is -0.392 e. The van der Waals surface area contributed by atoms with Gasteiger partial charge in [-0.15, -0.1) is 0 Å². The minimum atomic E-state index is -0.616. The molecule has 4 N–H and O–H groups in total. The van der Waals surface area contributed by atoms with Crippen LogP contribution in [-0.2, 0) is 22.6 Å². The Kier molecular flexibility index (Phi) is 10.4. The van der Waals surface area contributed by atoms with Crippen molar-refractivity contribution >= 4 is 17.1 Å². The summed E-state index contributed by atoms with van der Waals surface area (Å²) in [6.45, 7) is 5.23. The lowest BCUT2D eigenvalue weighted by Gasteiger charge is -2.45. The van der Waals surface area contributed by atoms with E-state index < -0.39 is 6.29 Å². The lowest BCUT2D eigenvalue weighted by molar-refractivity contribution is -0.264. The summed E-state index contributed by atoms with van der Waals surface area (Å²) in [6.07, 6.45) is 0.598. The lowest BCUT2D eigenvalue weighted by atomic mass is 9.83. The molecule has 0 saturated carbocycles. The second-order valence-electron chi connectivity index (χ2n) is 13.2. The van der Waals surface area contributed by atoms with E-state index in [9.17, 15) is 14.7 Å². The number of urea groups is 1. The number of aromatic nitrogens is 2. The van der Waals surface area contributed by atoms with Crippen molar-refractivity contribution in [2.45, 2.75) is 63.4 Å². The Morgan fingerprint density at radius 1 is 0.820 bits per heavy atom. The minimum absolute atomic E-state index is 0.0236. The first kappa shape index (κ1) is 33.7. The van der Waals surface area contributed by atoms with Crippen LogP contribution in [0, 0.1) is 0 Å². The summed E-state index contributed by atoms with van der Waals surface area (Å²) >= 11 is 0. The number of carbonyl (C=O) groups is 1. The van der Waals surface area contributed by atoms with Crippen LogP contribution in [-0.4, -0.2) is 57.9 Å². The van der Waals surface area contributed by atoms with Crippen LogP contribution < -0.4 is 16.3 Å². The molecule has 2 fully saturated rings. The van der Waals surface area contributed by atoms with Gasteiger partial charge in [-0.2, -0.15) is 0 Å². The zero-order valence-electron chi connectivity index (χ0n) is 28.3. The molecule has 1 aromatic heterocycles. The van der Waals surface area contributed by atoms with E-state index in [1.165, 1.54) is 0 Å². The van der Waals surface area contributed by atoms with Gasteiger partial charge in [0.25, 0.3) is 0 Å². The fourth-order valence-electron chi connectivity index (χ4n) is 7.41. The van der Waals surface area contributed by atoms with Gasteiger partial charge in [0, 0.05) is 50.2 Å². The summed E-state index contributed by atoms with van der Waals surface area (Å²) in [5, 5.41) is 15.4. The van der Waals surface area contributed by atoms with Crippen molar-refractivity contribution in [3.05, 3.63) is 141 Å². The number of benzene rings is 4. The fraction of sp³-hybridized carbons (Fsp3) is 0.350. The first-order valence-corrected chi connectivity index (χ1v) is 17.6. The maximum atomic E-state index is 13.0. The number of imidazole rings is 1. The number of likely N-dealkylation sites (tertiary alicyclic amines) is 1. The Balaban J connectivity index is 1.15. The van der Waals surface area contributed by atoms with Crippen LogP contribution in [0.1, 0.15) is 71.9 Å². The molecule has 0 spiro atoms. The third kappa shape index (κ3) is 7.39. The van der Waals surface area contributed by atoms with Gasteiger partial charge in [-0.25, -0.2) is 9.59 Å². The predicted molar refractivity (Wildman–Crippen MR) is 193 cm³/mol. The van der Waals surface area contributed by atoms with Gasteiger partial charge in [-0.1, -0.05) is 91.0 Å². The Morgan fingerprint density at radius 2 is 1.50 bits per heavy atom. The molecule has 0 bridgehead atoms. The zero-order chi connectivity index (χ0) is 34.5. The molecule has 2 amide bonds. The number of nitrogens with zero attached hydrogens (tertiary/aromatic N) is 2. The molecule has 2 saturated heterocycles. The number of rotatable bonds is 10. The first-order valence-electron chi connectivity index (χ1n) is 17.6. The highest BCUT2D eigenvalue weighted by Gasteiger charge is 2.43. The molecule has 10 heteroatoms. The predicted octanol–water partition coefficient (Wildman–Crippen LogP) is 5.92. The van der Waals surface area contributed by atoms with Gasteiger partial charge in [-0.05, 0) is 54.2 Å². The normalized spacial score (nSPS) is 21.6. The van der Waals surface area contributed by atoms with Gasteiger partial charge in [0.05, 0.1) is 29.8 Å². The molecule has 3 heterocycles. The van der Waals surface area contributed by atoms with Crippen molar-refractivity contribution in [3.63, 3.8) is 0 Å². The zero-order valence-corrected chi connectivity index (χ0v) is 28.3. The van der Waals surface area contributed by atoms with Gasteiger partial charge < -0.3 is 35.1 Å². The number of piperidine rings is 1. The highest BCUT2D eigenvalue weighted by atomic mass is 16.7. The molecule has 4 atom stereocenters. The number of aliphatic hydroxyl groups is 1. The molecule has 2 aliphatic rings. The molecule has 4 aromatic carbocycles. The molecule has 5 aromatic rings. The van der Waals surface area contributed by atoms with Crippen LogP contribution in [0.25, 0.3) is 11.0 Å². The summed E-state index contributed by atoms with van der Waals surface area (Å²) in [6, 6.07) is 34.3. The van der Waals surface area contributed by atoms with E-state index in [2.05, 4.69) is 44.8 Å². The van der Waals surface area contributed by atoms with Crippen LogP contribution in [0.2, 0.25) is 0 Å². The molecular weight excluding hydrogens is 630 g/mol. The molecule has 2 aliphatic heterocycles. The van der Waals surface area contributed by atoms with E-state index in [1.54, 1.807) is 0 Å². The van der Waals surface area contributed by atoms with E-state index >= 15 is 0 Å². The highest BCUT2D eigenvalue weighted by molar-refractivity contribution is 5.75. The number of nitrogens with one attached hydrogen (secondary N) is 3. The van der Waals surface area contributed by atoms with Crippen LogP contribution in [0.4, 0.5) is 4.79 Å². The lowest BCUT2D eigenvalue weighted by Crippen LogP contribution is -2.47. The van der Waals surface area contributed by atoms with E-state index in [4.69, 9.17) is 9.47 Å². The SMILES string of the molecule is CCNC(=O)NCc1ccc(C2O[C@H](CN3CCC(n4c(=O)[nH]c5ccccc54)CC3)[C@@H](c3ccccc3)[C@H](c3ccc(CO)cc3)O2)cc1. The molecule has 1 unspecified atom stereocenters. The number of ether oxygens (including phenoxy) is 2. The number of hydrogen-bond acceptors (Lipinski definition) is 6. The number of fused-ring (bicyclic) bond motifs is 1. The number of amides is 2. The summed E-state index contributed by atoms with van der Waals surface area (Å²) in [4.78, 5) is 30.4. The maximum absolute atomic E-state index is 13.0.